The molecule has 0 aliphatic carbocycles. The summed E-state index contributed by atoms with van der Waals surface area (Å²) < 4.78 is 0. The lowest BCUT2D eigenvalue weighted by Crippen LogP contribution is -2.51. The molecule has 2 saturated heterocycles. The molecule has 2 heterocycles. The number of hydrogen-bond acceptors (Lipinski definition) is 5. The molecule has 0 N–H and O–H groups in total. The predicted molar refractivity (Wildman–Crippen MR) is 100 cm³/mol. The van der Waals surface area contributed by atoms with Gasteiger partial charge in [0.25, 0.3) is 5.24 Å². The summed E-state index contributed by atoms with van der Waals surface area (Å²) in [4.78, 5) is 21.0. The van der Waals surface area contributed by atoms with Crippen molar-refractivity contribution in [3.63, 3.8) is 0 Å². The Balaban J connectivity index is 1.32. The van der Waals surface area contributed by atoms with E-state index in [4.69, 9.17) is 0 Å². The summed E-state index contributed by atoms with van der Waals surface area (Å²) in [6.45, 7) is 9.29. The second kappa shape index (κ2) is 8.85. The van der Waals surface area contributed by atoms with Gasteiger partial charge < -0.3 is 9.80 Å². The molecule has 0 bridgehead atoms. The Kier molecular flexibility index (Phi) is 6.54. The highest BCUT2D eigenvalue weighted by Gasteiger charge is 2.25. The number of piperazine rings is 1. The van der Waals surface area contributed by atoms with Crippen molar-refractivity contribution in [2.45, 2.75) is 6.54 Å². The predicted octanol–water partition coefficient (Wildman–Crippen LogP) is 1.86. The maximum Gasteiger partial charge on any atom is 0.282 e. The maximum absolute atomic E-state index is 11.7. The third-order valence-corrected chi connectivity index (χ3v) is 5.67. The van der Waals surface area contributed by atoms with Crippen molar-refractivity contribution in [2.24, 2.45) is 0 Å². The zero-order valence-corrected chi connectivity index (χ0v) is 15.4. The van der Waals surface area contributed by atoms with E-state index < -0.39 is 0 Å². The molecular formula is C18H28N4OS. The molecule has 2 aliphatic heterocycles. The number of hydrogen-bond donors (Lipinski definition) is 0. The molecule has 0 atom stereocenters. The topological polar surface area (TPSA) is 30.0 Å². The molecule has 2 fully saturated rings. The van der Waals surface area contributed by atoms with Gasteiger partial charge in [-0.25, -0.2) is 0 Å². The fourth-order valence-corrected chi connectivity index (χ4v) is 4.05. The monoisotopic (exact) mass is 348 g/mol. The fourth-order valence-electron chi connectivity index (χ4n) is 3.24. The second-order valence-electron chi connectivity index (χ2n) is 6.70. The summed E-state index contributed by atoms with van der Waals surface area (Å²) in [5.41, 5.74) is 1.37. The number of benzene rings is 1. The van der Waals surface area contributed by atoms with Gasteiger partial charge in [-0.05, 0) is 12.6 Å². The van der Waals surface area contributed by atoms with Gasteiger partial charge in [-0.2, -0.15) is 0 Å². The van der Waals surface area contributed by atoms with Crippen molar-refractivity contribution in [3.8, 4) is 0 Å². The summed E-state index contributed by atoms with van der Waals surface area (Å²) in [5, 5.41) is 0.250. The van der Waals surface area contributed by atoms with Crippen LogP contribution in [0.3, 0.4) is 0 Å². The molecule has 24 heavy (non-hydrogen) atoms. The second-order valence-corrected chi connectivity index (χ2v) is 7.75. The SMILES string of the molecule is CN(CCN1CCN(CN2CCSC2=O)CC1)Cc1ccccc1. The van der Waals surface area contributed by atoms with Gasteiger partial charge in [0.2, 0.25) is 0 Å². The lowest BCUT2D eigenvalue weighted by molar-refractivity contribution is 0.0885. The van der Waals surface area contributed by atoms with Gasteiger partial charge in [0, 0.05) is 58.1 Å². The number of likely N-dealkylation sites (N-methyl/N-ethyl adjacent to an activating group) is 1. The van der Waals surface area contributed by atoms with E-state index in [1.54, 1.807) is 0 Å². The van der Waals surface area contributed by atoms with E-state index in [2.05, 4.69) is 52.1 Å². The third-order valence-electron chi connectivity index (χ3n) is 4.77. The molecule has 2 aliphatic rings. The zero-order valence-electron chi connectivity index (χ0n) is 14.6. The first kappa shape index (κ1) is 17.7. The minimum absolute atomic E-state index is 0.250. The van der Waals surface area contributed by atoms with Crippen LogP contribution in [0.2, 0.25) is 0 Å². The summed E-state index contributed by atoms with van der Waals surface area (Å²) in [6.07, 6.45) is 0. The lowest BCUT2D eigenvalue weighted by atomic mass is 10.2. The van der Waals surface area contributed by atoms with E-state index in [9.17, 15) is 4.79 Å². The highest BCUT2D eigenvalue weighted by molar-refractivity contribution is 8.13. The molecule has 6 heteroatoms. The highest BCUT2D eigenvalue weighted by Crippen LogP contribution is 2.17. The van der Waals surface area contributed by atoms with Gasteiger partial charge in [-0.1, -0.05) is 42.1 Å². The Hall–Kier alpha value is -1.08. The number of amides is 1. The van der Waals surface area contributed by atoms with Crippen molar-refractivity contribution in [3.05, 3.63) is 35.9 Å². The van der Waals surface area contributed by atoms with E-state index in [0.29, 0.717) is 0 Å². The zero-order chi connectivity index (χ0) is 16.8. The first-order valence-corrected chi connectivity index (χ1v) is 9.78. The van der Waals surface area contributed by atoms with Gasteiger partial charge in [0.1, 0.15) is 0 Å². The van der Waals surface area contributed by atoms with Crippen LogP contribution in [0.1, 0.15) is 5.56 Å². The van der Waals surface area contributed by atoms with Crippen LogP contribution in [0.5, 0.6) is 0 Å². The van der Waals surface area contributed by atoms with Crippen LogP contribution in [0, 0.1) is 0 Å². The van der Waals surface area contributed by atoms with Crippen LogP contribution < -0.4 is 0 Å². The number of carbonyl (C=O) groups is 1. The fraction of sp³-hybridized carbons (Fsp3) is 0.611. The lowest BCUT2D eigenvalue weighted by Gasteiger charge is -2.37. The first-order chi connectivity index (χ1) is 11.7. The number of rotatable bonds is 7. The first-order valence-electron chi connectivity index (χ1n) is 8.79. The molecule has 1 amide bonds. The number of nitrogens with zero attached hydrogens (tertiary/aromatic N) is 4. The molecule has 1 aromatic rings. The van der Waals surface area contributed by atoms with Crippen molar-refractivity contribution < 1.29 is 4.79 Å². The largest absolute Gasteiger partial charge is 0.320 e. The van der Waals surface area contributed by atoms with Crippen molar-refractivity contribution in [1.82, 2.24) is 19.6 Å². The third kappa shape index (κ3) is 5.21. The van der Waals surface area contributed by atoms with E-state index in [-0.39, 0.29) is 5.24 Å². The minimum atomic E-state index is 0.250. The standard InChI is InChI=1S/C18H28N4OS/c1-19(15-17-5-3-2-4-6-17)7-8-20-9-11-21(12-10-20)16-22-13-14-24-18(22)23/h2-6H,7-16H2,1H3. The van der Waals surface area contributed by atoms with Gasteiger partial charge in [-0.3, -0.25) is 14.6 Å². The van der Waals surface area contributed by atoms with E-state index in [1.807, 2.05) is 4.90 Å². The quantitative estimate of drug-likeness (QED) is 0.750. The molecule has 0 radical (unpaired) electrons. The smallest absolute Gasteiger partial charge is 0.282 e. The van der Waals surface area contributed by atoms with Gasteiger partial charge >= 0.3 is 0 Å². The summed E-state index contributed by atoms with van der Waals surface area (Å²) in [5.74, 6) is 0.951. The van der Waals surface area contributed by atoms with Crippen molar-refractivity contribution in [1.29, 1.82) is 0 Å². The molecule has 3 rings (SSSR count). The van der Waals surface area contributed by atoms with Crippen molar-refractivity contribution in [2.75, 3.05) is 65.3 Å². The van der Waals surface area contributed by atoms with Crippen LogP contribution in [-0.2, 0) is 6.54 Å². The van der Waals surface area contributed by atoms with E-state index in [1.165, 1.54) is 17.3 Å². The Morgan fingerprint density at radius 2 is 1.75 bits per heavy atom. The van der Waals surface area contributed by atoms with Crippen LogP contribution in [0.15, 0.2) is 30.3 Å². The normalized spacial score (nSPS) is 20.2. The Labute approximate surface area is 149 Å². The summed E-state index contributed by atoms with van der Waals surface area (Å²) in [7, 11) is 2.19. The minimum Gasteiger partial charge on any atom is -0.320 e. The van der Waals surface area contributed by atoms with Crippen LogP contribution >= 0.6 is 11.8 Å². The van der Waals surface area contributed by atoms with Gasteiger partial charge in [0.15, 0.2) is 0 Å². The molecule has 0 spiro atoms. The van der Waals surface area contributed by atoms with Gasteiger partial charge in [-0.15, -0.1) is 0 Å². The van der Waals surface area contributed by atoms with E-state index >= 15 is 0 Å². The Morgan fingerprint density at radius 1 is 1.04 bits per heavy atom. The van der Waals surface area contributed by atoms with Crippen LogP contribution in [-0.4, -0.2) is 90.1 Å². The van der Waals surface area contributed by atoms with E-state index in [0.717, 1.165) is 64.8 Å². The molecule has 1 aromatic carbocycles. The average Bonchev–Trinajstić information content (AvgIpc) is 3.00. The Morgan fingerprint density at radius 3 is 2.42 bits per heavy atom. The maximum atomic E-state index is 11.7. The average molecular weight is 349 g/mol. The number of carbonyl (C=O) groups excluding carboxylic acids is 1. The Bertz CT molecular complexity index is 519. The number of thioether (sulfide) groups is 1. The summed E-state index contributed by atoms with van der Waals surface area (Å²) in [6, 6.07) is 10.6. The molecule has 0 saturated carbocycles. The molecule has 0 aromatic heterocycles. The molecule has 5 nitrogen and oxygen atoms in total. The van der Waals surface area contributed by atoms with Gasteiger partial charge in [0.05, 0.1) is 6.67 Å². The van der Waals surface area contributed by atoms with Crippen LogP contribution in [0.25, 0.3) is 0 Å². The van der Waals surface area contributed by atoms with Crippen LogP contribution in [0.4, 0.5) is 4.79 Å². The molecule has 132 valence electrons. The molecular weight excluding hydrogens is 320 g/mol. The highest BCUT2D eigenvalue weighted by atomic mass is 32.2. The van der Waals surface area contributed by atoms with Crippen molar-refractivity contribution >= 4 is 17.0 Å². The molecule has 0 unspecified atom stereocenters. The summed E-state index contributed by atoms with van der Waals surface area (Å²) >= 11 is 1.45.